The molecule has 0 saturated heterocycles. The topological polar surface area (TPSA) is 111 Å². The van der Waals surface area contributed by atoms with Crippen LogP contribution in [0.1, 0.15) is 39.2 Å². The van der Waals surface area contributed by atoms with Gasteiger partial charge in [-0.2, -0.15) is 0 Å². The first-order valence-electron chi connectivity index (χ1n) is 10.8. The first kappa shape index (κ1) is 25.7. The van der Waals surface area contributed by atoms with Crippen LogP contribution in [0, 0.1) is 6.92 Å². The molecule has 33 heavy (non-hydrogen) atoms. The molecule has 3 amide bonds. The van der Waals surface area contributed by atoms with Gasteiger partial charge in [0.2, 0.25) is 5.91 Å². The standard InChI is InChI=1S/C24H32N4O5/c1-6-13-27(17(3)14-23(30)31)28(18(4)29)19-11-12-21(22(15-19)33-5)26-24(32)25-20-10-8-7-9-16(20)2/h7-12,15,17H,6,13-14H2,1-5H3,(H,30,31)(H2,25,26,32). The smallest absolute Gasteiger partial charge is 0.323 e. The fourth-order valence-corrected chi connectivity index (χ4v) is 3.52. The minimum atomic E-state index is -0.941. The molecule has 0 radical (unpaired) electrons. The van der Waals surface area contributed by atoms with E-state index in [4.69, 9.17) is 4.74 Å². The number of aryl methyl sites for hydroxylation is 1. The molecule has 2 aromatic carbocycles. The van der Waals surface area contributed by atoms with E-state index in [0.717, 1.165) is 12.0 Å². The van der Waals surface area contributed by atoms with Gasteiger partial charge in [0, 0.05) is 31.3 Å². The summed E-state index contributed by atoms with van der Waals surface area (Å²) < 4.78 is 5.46. The lowest BCUT2D eigenvalue weighted by molar-refractivity contribution is -0.139. The van der Waals surface area contributed by atoms with E-state index in [-0.39, 0.29) is 12.3 Å². The van der Waals surface area contributed by atoms with Crippen LogP contribution in [0.4, 0.5) is 21.9 Å². The molecule has 0 aliphatic carbocycles. The molecule has 1 unspecified atom stereocenters. The Morgan fingerprint density at radius 1 is 1.09 bits per heavy atom. The van der Waals surface area contributed by atoms with Crippen LogP contribution in [-0.4, -0.2) is 47.7 Å². The van der Waals surface area contributed by atoms with Crippen LogP contribution >= 0.6 is 0 Å². The van der Waals surface area contributed by atoms with E-state index in [1.165, 1.54) is 19.0 Å². The summed E-state index contributed by atoms with van der Waals surface area (Å²) in [5.41, 5.74) is 2.56. The van der Waals surface area contributed by atoms with Crippen LogP contribution in [0.15, 0.2) is 42.5 Å². The van der Waals surface area contributed by atoms with Crippen molar-refractivity contribution in [2.75, 3.05) is 29.3 Å². The van der Waals surface area contributed by atoms with Gasteiger partial charge in [-0.15, -0.1) is 0 Å². The number of methoxy groups -OCH3 is 1. The monoisotopic (exact) mass is 456 g/mol. The van der Waals surface area contributed by atoms with E-state index in [2.05, 4.69) is 10.6 Å². The predicted molar refractivity (Wildman–Crippen MR) is 129 cm³/mol. The molecular weight excluding hydrogens is 424 g/mol. The molecule has 9 nitrogen and oxygen atoms in total. The lowest BCUT2D eigenvalue weighted by Crippen LogP contribution is -2.51. The zero-order valence-electron chi connectivity index (χ0n) is 19.7. The maximum Gasteiger partial charge on any atom is 0.323 e. The maximum absolute atomic E-state index is 12.6. The van der Waals surface area contributed by atoms with Crippen molar-refractivity contribution in [3.8, 4) is 5.75 Å². The van der Waals surface area contributed by atoms with E-state index in [9.17, 15) is 19.5 Å². The number of ether oxygens (including phenoxy) is 1. The molecule has 0 fully saturated rings. The Morgan fingerprint density at radius 3 is 2.33 bits per heavy atom. The second-order valence-electron chi connectivity index (χ2n) is 7.72. The third-order valence-electron chi connectivity index (χ3n) is 5.06. The van der Waals surface area contributed by atoms with E-state index in [0.29, 0.717) is 29.4 Å². The zero-order valence-corrected chi connectivity index (χ0v) is 19.7. The van der Waals surface area contributed by atoms with E-state index in [1.807, 2.05) is 32.0 Å². The predicted octanol–water partition coefficient (Wildman–Crippen LogP) is 4.49. The van der Waals surface area contributed by atoms with Gasteiger partial charge in [0.15, 0.2) is 0 Å². The number of carboxylic acid groups (broad SMARTS) is 1. The highest BCUT2D eigenvalue weighted by Crippen LogP contribution is 2.32. The van der Waals surface area contributed by atoms with Gasteiger partial charge in [-0.25, -0.2) is 14.8 Å². The molecule has 3 N–H and O–H groups in total. The number of hydrogen-bond acceptors (Lipinski definition) is 5. The van der Waals surface area contributed by atoms with Crippen LogP contribution in [0.3, 0.4) is 0 Å². The maximum atomic E-state index is 12.6. The Labute approximate surface area is 194 Å². The van der Waals surface area contributed by atoms with E-state index >= 15 is 0 Å². The minimum Gasteiger partial charge on any atom is -0.494 e. The average molecular weight is 457 g/mol. The van der Waals surface area contributed by atoms with Crippen molar-refractivity contribution in [1.29, 1.82) is 0 Å². The van der Waals surface area contributed by atoms with Crippen LogP contribution in [0.5, 0.6) is 5.75 Å². The third kappa shape index (κ3) is 6.95. The zero-order chi connectivity index (χ0) is 24.5. The Bertz CT molecular complexity index is 995. The fraction of sp³-hybridized carbons (Fsp3) is 0.375. The quantitative estimate of drug-likeness (QED) is 0.454. The van der Waals surface area contributed by atoms with E-state index < -0.39 is 18.0 Å². The number of carboxylic acids is 1. The molecule has 0 aromatic heterocycles. The van der Waals surface area contributed by atoms with Crippen molar-refractivity contribution < 1.29 is 24.2 Å². The Kier molecular flexibility index (Phi) is 9.23. The van der Waals surface area contributed by atoms with Gasteiger partial charge in [-0.1, -0.05) is 25.1 Å². The van der Waals surface area contributed by atoms with Crippen molar-refractivity contribution in [3.63, 3.8) is 0 Å². The molecule has 2 aromatic rings. The van der Waals surface area contributed by atoms with Gasteiger partial charge in [0.1, 0.15) is 5.75 Å². The molecule has 0 saturated carbocycles. The lowest BCUT2D eigenvalue weighted by Gasteiger charge is -2.38. The number of nitrogens with zero attached hydrogens (tertiary/aromatic N) is 2. The summed E-state index contributed by atoms with van der Waals surface area (Å²) in [4.78, 5) is 36.3. The molecule has 0 bridgehead atoms. The van der Waals surface area contributed by atoms with Gasteiger partial charge in [0.25, 0.3) is 0 Å². The number of nitrogens with one attached hydrogen (secondary N) is 2. The highest BCUT2D eigenvalue weighted by Gasteiger charge is 2.27. The van der Waals surface area contributed by atoms with Gasteiger partial charge < -0.3 is 20.5 Å². The summed E-state index contributed by atoms with van der Waals surface area (Å²) in [6.45, 7) is 7.54. The van der Waals surface area contributed by atoms with Crippen molar-refractivity contribution in [3.05, 3.63) is 48.0 Å². The van der Waals surface area contributed by atoms with Crippen molar-refractivity contribution in [2.45, 2.75) is 46.6 Å². The third-order valence-corrected chi connectivity index (χ3v) is 5.06. The summed E-state index contributed by atoms with van der Waals surface area (Å²) >= 11 is 0. The molecule has 0 aliphatic heterocycles. The minimum absolute atomic E-state index is 0.111. The summed E-state index contributed by atoms with van der Waals surface area (Å²) in [5, 5.41) is 18.0. The fourth-order valence-electron chi connectivity index (χ4n) is 3.52. The van der Waals surface area contributed by atoms with E-state index in [1.54, 1.807) is 36.2 Å². The van der Waals surface area contributed by atoms with Crippen molar-refractivity contribution in [1.82, 2.24) is 5.01 Å². The van der Waals surface area contributed by atoms with Gasteiger partial charge in [-0.3, -0.25) is 9.59 Å². The molecule has 0 aliphatic rings. The molecule has 1 atom stereocenters. The second-order valence-corrected chi connectivity index (χ2v) is 7.72. The van der Waals surface area contributed by atoms with Crippen molar-refractivity contribution in [2.24, 2.45) is 0 Å². The number of aliphatic carboxylic acids is 1. The highest BCUT2D eigenvalue weighted by atomic mass is 16.5. The number of amides is 3. The number of para-hydroxylation sites is 1. The van der Waals surface area contributed by atoms with Gasteiger partial charge >= 0.3 is 12.0 Å². The first-order valence-corrected chi connectivity index (χ1v) is 10.8. The molecule has 178 valence electrons. The van der Waals surface area contributed by atoms with Crippen LogP contribution in [0.2, 0.25) is 0 Å². The van der Waals surface area contributed by atoms with Gasteiger partial charge in [-0.05, 0) is 44.0 Å². The van der Waals surface area contributed by atoms with Crippen LogP contribution in [0.25, 0.3) is 0 Å². The molecule has 0 heterocycles. The summed E-state index contributed by atoms with van der Waals surface area (Å²) in [6, 6.07) is 11.6. The van der Waals surface area contributed by atoms with Crippen LogP contribution in [-0.2, 0) is 9.59 Å². The molecule has 0 spiro atoms. The molecule has 9 heteroatoms. The first-order chi connectivity index (χ1) is 15.7. The SMILES string of the molecule is CCCN(C(C)CC(=O)O)N(C(C)=O)c1ccc(NC(=O)Nc2ccccc2C)c(OC)c1. The number of benzene rings is 2. The number of urea groups is 1. The van der Waals surface area contributed by atoms with Crippen molar-refractivity contribution >= 4 is 35.0 Å². The number of carbonyl (C=O) groups excluding carboxylic acids is 2. The Morgan fingerprint density at radius 2 is 1.76 bits per heavy atom. The van der Waals surface area contributed by atoms with Gasteiger partial charge in [0.05, 0.1) is 24.9 Å². The summed E-state index contributed by atoms with van der Waals surface area (Å²) in [5.74, 6) is -0.842. The summed E-state index contributed by atoms with van der Waals surface area (Å²) in [6.07, 6.45) is 0.614. The Hall–Kier alpha value is -3.59. The number of hydrazine groups is 1. The second kappa shape index (κ2) is 11.9. The largest absolute Gasteiger partial charge is 0.494 e. The number of rotatable bonds is 10. The summed E-state index contributed by atoms with van der Waals surface area (Å²) in [7, 11) is 1.47. The highest BCUT2D eigenvalue weighted by molar-refractivity contribution is 6.01. The molecule has 2 rings (SSSR count). The normalized spacial score (nSPS) is 11.6. The number of hydrogen-bond donors (Lipinski definition) is 3. The lowest BCUT2D eigenvalue weighted by atomic mass is 10.2. The average Bonchev–Trinajstić information content (AvgIpc) is 2.75. The number of anilines is 3. The Balaban J connectivity index is 2.30. The molecular formula is C24H32N4O5. The van der Waals surface area contributed by atoms with Crippen LogP contribution < -0.4 is 20.4 Å². The number of carbonyl (C=O) groups is 3.